The molecule has 3 heteroatoms. The molecule has 0 aliphatic carbocycles. The van der Waals surface area contributed by atoms with E-state index in [1.54, 1.807) is 0 Å². The highest BCUT2D eigenvalue weighted by Crippen LogP contribution is 2.31. The van der Waals surface area contributed by atoms with E-state index in [1.807, 2.05) is 71.9 Å². The number of pyridine rings is 1. The Labute approximate surface area is 120 Å². The van der Waals surface area contributed by atoms with Gasteiger partial charge in [-0.15, -0.1) is 0 Å². The van der Waals surface area contributed by atoms with Crippen LogP contribution in [0.5, 0.6) is 11.8 Å². The first-order chi connectivity index (χ1) is 9.14. The highest BCUT2D eigenvalue weighted by molar-refractivity contribution is 5.87. The van der Waals surface area contributed by atoms with E-state index in [0.29, 0.717) is 11.8 Å². The molecular formula is C17H23NO2. The highest BCUT2D eigenvalue weighted by atomic mass is 16.5. The van der Waals surface area contributed by atoms with Gasteiger partial charge in [-0.05, 0) is 53.0 Å². The molecule has 1 aromatic heterocycles. The lowest BCUT2D eigenvalue weighted by Gasteiger charge is -2.24. The maximum atomic E-state index is 5.98. The first-order valence-electron chi connectivity index (χ1n) is 6.92. The van der Waals surface area contributed by atoms with Crippen LogP contribution in [0.15, 0.2) is 30.3 Å². The van der Waals surface area contributed by atoms with E-state index in [1.165, 1.54) is 0 Å². The van der Waals surface area contributed by atoms with Crippen LogP contribution in [0.4, 0.5) is 0 Å². The predicted molar refractivity (Wildman–Crippen MR) is 82.5 cm³/mol. The maximum Gasteiger partial charge on any atom is 0.225 e. The molecule has 2 rings (SSSR count). The van der Waals surface area contributed by atoms with Crippen LogP contribution >= 0.6 is 0 Å². The molecule has 0 radical (unpaired) electrons. The molecule has 3 nitrogen and oxygen atoms in total. The van der Waals surface area contributed by atoms with Gasteiger partial charge in [-0.1, -0.05) is 18.2 Å². The molecule has 0 unspecified atom stereocenters. The van der Waals surface area contributed by atoms with Gasteiger partial charge >= 0.3 is 0 Å². The lowest BCUT2D eigenvalue weighted by molar-refractivity contribution is 0.110. The quantitative estimate of drug-likeness (QED) is 0.802. The van der Waals surface area contributed by atoms with Gasteiger partial charge in [-0.3, -0.25) is 0 Å². The minimum Gasteiger partial charge on any atom is -0.472 e. The molecule has 20 heavy (non-hydrogen) atoms. The van der Waals surface area contributed by atoms with Crippen molar-refractivity contribution < 1.29 is 9.47 Å². The van der Waals surface area contributed by atoms with Crippen molar-refractivity contribution in [3.05, 3.63) is 30.3 Å². The minimum atomic E-state index is -0.296. The summed E-state index contributed by atoms with van der Waals surface area (Å²) in [7, 11) is 0. The van der Waals surface area contributed by atoms with E-state index >= 15 is 0 Å². The van der Waals surface area contributed by atoms with Crippen LogP contribution in [0.2, 0.25) is 0 Å². The van der Waals surface area contributed by atoms with Crippen molar-refractivity contribution in [3.63, 3.8) is 0 Å². The van der Waals surface area contributed by atoms with Gasteiger partial charge in [0.25, 0.3) is 0 Å². The normalized spacial score (nSPS) is 12.5. The fraction of sp³-hybridized carbons (Fsp3) is 0.471. The van der Waals surface area contributed by atoms with Gasteiger partial charge in [-0.2, -0.15) is 4.98 Å². The zero-order chi connectivity index (χ0) is 15.0. The van der Waals surface area contributed by atoms with Gasteiger partial charge in [0.2, 0.25) is 11.8 Å². The zero-order valence-corrected chi connectivity index (χ0v) is 13.2. The monoisotopic (exact) mass is 273 g/mol. The lowest BCUT2D eigenvalue weighted by Crippen LogP contribution is -2.25. The number of fused-ring (bicyclic) bond motifs is 1. The number of hydrogen-bond donors (Lipinski definition) is 0. The third-order valence-corrected chi connectivity index (χ3v) is 2.50. The average Bonchev–Trinajstić information content (AvgIpc) is 2.24. The van der Waals surface area contributed by atoms with E-state index < -0.39 is 0 Å². The van der Waals surface area contributed by atoms with Crippen LogP contribution in [0.3, 0.4) is 0 Å². The topological polar surface area (TPSA) is 31.4 Å². The van der Waals surface area contributed by atoms with Crippen molar-refractivity contribution in [1.82, 2.24) is 4.98 Å². The molecule has 1 aromatic carbocycles. The molecule has 0 aliphatic heterocycles. The fourth-order valence-corrected chi connectivity index (χ4v) is 1.88. The van der Waals surface area contributed by atoms with Crippen molar-refractivity contribution in [2.24, 2.45) is 0 Å². The van der Waals surface area contributed by atoms with Gasteiger partial charge in [0.15, 0.2) is 0 Å². The van der Waals surface area contributed by atoms with Gasteiger partial charge in [0.1, 0.15) is 11.2 Å². The Balaban J connectivity index is 2.52. The molecule has 0 saturated heterocycles. The summed E-state index contributed by atoms with van der Waals surface area (Å²) in [5.74, 6) is 1.21. The summed E-state index contributed by atoms with van der Waals surface area (Å²) in [6, 6.07) is 10.0. The number of aromatic nitrogens is 1. The summed E-state index contributed by atoms with van der Waals surface area (Å²) in [6.45, 7) is 12.1. The molecule has 1 heterocycles. The SMILES string of the molecule is CC(C)(C)Oc1cc2ccccc2c(OC(C)(C)C)n1. The fourth-order valence-electron chi connectivity index (χ4n) is 1.88. The Kier molecular flexibility index (Phi) is 3.63. The maximum absolute atomic E-state index is 5.98. The second-order valence-electron chi connectivity index (χ2n) is 6.92. The highest BCUT2D eigenvalue weighted by Gasteiger charge is 2.18. The van der Waals surface area contributed by atoms with Crippen molar-refractivity contribution in [1.29, 1.82) is 0 Å². The Morgan fingerprint density at radius 3 is 2.05 bits per heavy atom. The molecular weight excluding hydrogens is 250 g/mol. The summed E-state index contributed by atoms with van der Waals surface area (Å²) in [6.07, 6.45) is 0. The Hall–Kier alpha value is -1.77. The molecule has 0 fully saturated rings. The molecule has 0 aliphatic rings. The molecule has 0 N–H and O–H groups in total. The van der Waals surface area contributed by atoms with E-state index in [9.17, 15) is 0 Å². The Morgan fingerprint density at radius 2 is 1.45 bits per heavy atom. The summed E-state index contributed by atoms with van der Waals surface area (Å²) in [5, 5.41) is 2.07. The van der Waals surface area contributed by atoms with Crippen LogP contribution < -0.4 is 9.47 Å². The van der Waals surface area contributed by atoms with E-state index in [2.05, 4.69) is 4.98 Å². The molecule has 0 atom stereocenters. The van der Waals surface area contributed by atoms with Gasteiger partial charge in [0.05, 0.1) is 0 Å². The van der Waals surface area contributed by atoms with Crippen LogP contribution in [-0.2, 0) is 0 Å². The van der Waals surface area contributed by atoms with Crippen molar-refractivity contribution in [3.8, 4) is 11.8 Å². The standard InChI is InChI=1S/C17H23NO2/c1-16(2,3)19-14-11-12-9-7-8-10-13(12)15(18-14)20-17(4,5)6/h7-11H,1-6H3. The molecule has 0 amide bonds. The molecule has 108 valence electrons. The minimum absolute atomic E-state index is 0.283. The zero-order valence-electron chi connectivity index (χ0n) is 13.2. The van der Waals surface area contributed by atoms with E-state index in [0.717, 1.165) is 10.8 Å². The van der Waals surface area contributed by atoms with Crippen molar-refractivity contribution >= 4 is 10.8 Å². The number of ether oxygens (including phenoxy) is 2. The molecule has 0 saturated carbocycles. The van der Waals surface area contributed by atoms with Crippen LogP contribution in [0.1, 0.15) is 41.5 Å². The average molecular weight is 273 g/mol. The Bertz CT molecular complexity index is 606. The second kappa shape index (κ2) is 4.97. The Morgan fingerprint density at radius 1 is 0.850 bits per heavy atom. The number of rotatable bonds is 2. The number of nitrogens with zero attached hydrogens (tertiary/aromatic N) is 1. The molecule has 2 aromatic rings. The van der Waals surface area contributed by atoms with Crippen LogP contribution in [0, 0.1) is 0 Å². The molecule has 0 spiro atoms. The van der Waals surface area contributed by atoms with Crippen LogP contribution in [0.25, 0.3) is 10.8 Å². The lowest BCUT2D eigenvalue weighted by atomic mass is 10.1. The summed E-state index contributed by atoms with van der Waals surface area (Å²) < 4.78 is 11.9. The van der Waals surface area contributed by atoms with Crippen molar-refractivity contribution in [2.45, 2.75) is 52.7 Å². The first kappa shape index (κ1) is 14.6. The summed E-state index contributed by atoms with van der Waals surface area (Å²) >= 11 is 0. The smallest absolute Gasteiger partial charge is 0.225 e. The summed E-state index contributed by atoms with van der Waals surface area (Å²) in [4.78, 5) is 4.53. The van der Waals surface area contributed by atoms with E-state index in [-0.39, 0.29) is 11.2 Å². The van der Waals surface area contributed by atoms with Gasteiger partial charge < -0.3 is 9.47 Å². The predicted octanol–water partition coefficient (Wildman–Crippen LogP) is 4.59. The third kappa shape index (κ3) is 3.86. The van der Waals surface area contributed by atoms with Crippen molar-refractivity contribution in [2.75, 3.05) is 0 Å². The van der Waals surface area contributed by atoms with Gasteiger partial charge in [0, 0.05) is 11.5 Å². The van der Waals surface area contributed by atoms with Crippen LogP contribution in [-0.4, -0.2) is 16.2 Å². The molecule has 0 bridgehead atoms. The largest absolute Gasteiger partial charge is 0.472 e. The summed E-state index contributed by atoms with van der Waals surface area (Å²) in [5.41, 5.74) is -0.579. The third-order valence-electron chi connectivity index (χ3n) is 2.50. The second-order valence-corrected chi connectivity index (χ2v) is 6.92. The number of hydrogen-bond acceptors (Lipinski definition) is 3. The van der Waals surface area contributed by atoms with Gasteiger partial charge in [-0.25, -0.2) is 0 Å². The number of benzene rings is 1. The van der Waals surface area contributed by atoms with E-state index in [4.69, 9.17) is 9.47 Å². The first-order valence-corrected chi connectivity index (χ1v) is 6.92.